The molecule has 2 rings (SSSR count). The Bertz CT molecular complexity index is 428. The molecule has 2 N–H and O–H groups in total. The van der Waals surface area contributed by atoms with Crippen molar-refractivity contribution in [3.8, 4) is 0 Å². The van der Waals surface area contributed by atoms with Crippen LogP contribution in [-0.4, -0.2) is 36.2 Å². The first-order chi connectivity index (χ1) is 10.2. The van der Waals surface area contributed by atoms with Gasteiger partial charge in [-0.2, -0.15) is 0 Å². The fourth-order valence-electron chi connectivity index (χ4n) is 2.57. The number of hydrogen-bond acceptors (Lipinski definition) is 2. The van der Waals surface area contributed by atoms with Crippen LogP contribution in [0.4, 0.5) is 5.69 Å². The molecule has 1 aromatic carbocycles. The molecule has 0 radical (unpaired) electrons. The first-order valence-electron chi connectivity index (χ1n) is 7.77. The third-order valence-electron chi connectivity index (χ3n) is 3.74. The third-order valence-corrected chi connectivity index (χ3v) is 4.51. The van der Waals surface area contributed by atoms with E-state index in [9.17, 15) is 0 Å². The quantitative estimate of drug-likeness (QED) is 0.605. The summed E-state index contributed by atoms with van der Waals surface area (Å²) in [5.74, 6) is 0. The Morgan fingerprint density at radius 1 is 1.10 bits per heavy atom. The molecule has 1 fully saturated rings. The Balaban J connectivity index is 1.59. The van der Waals surface area contributed by atoms with Crippen molar-refractivity contribution < 1.29 is 0 Å². The fourth-order valence-corrected chi connectivity index (χ4v) is 3.06. The number of halogens is 1. The molecule has 21 heavy (non-hydrogen) atoms. The highest BCUT2D eigenvalue weighted by Crippen LogP contribution is 2.14. The molecular weight excluding hydrogens is 346 g/mol. The number of thiocarbonyl (C=S) groups is 1. The molecule has 0 spiro atoms. The molecule has 0 amide bonds. The number of hydrogen-bond donors (Lipinski definition) is 2. The number of nitrogens with zero attached hydrogens (tertiary/aromatic N) is 1. The minimum Gasteiger partial charge on any atom is -0.362 e. The summed E-state index contributed by atoms with van der Waals surface area (Å²) in [5.41, 5.74) is 1.02. The molecular formula is C16H24BrN3S. The van der Waals surface area contributed by atoms with Gasteiger partial charge in [0.15, 0.2) is 5.11 Å². The van der Waals surface area contributed by atoms with Crippen LogP contribution in [0.2, 0.25) is 0 Å². The van der Waals surface area contributed by atoms with Gasteiger partial charge in [0.2, 0.25) is 0 Å². The third kappa shape index (κ3) is 6.76. The van der Waals surface area contributed by atoms with Gasteiger partial charge in [0, 0.05) is 16.7 Å². The topological polar surface area (TPSA) is 27.3 Å². The van der Waals surface area contributed by atoms with Crippen LogP contribution < -0.4 is 10.6 Å². The van der Waals surface area contributed by atoms with Gasteiger partial charge >= 0.3 is 0 Å². The zero-order chi connectivity index (χ0) is 14.9. The van der Waals surface area contributed by atoms with Gasteiger partial charge in [-0.15, -0.1) is 0 Å². The predicted octanol–water partition coefficient (Wildman–Crippen LogP) is 4.00. The van der Waals surface area contributed by atoms with Crippen molar-refractivity contribution in [2.45, 2.75) is 32.1 Å². The van der Waals surface area contributed by atoms with Crippen molar-refractivity contribution >= 4 is 38.9 Å². The van der Waals surface area contributed by atoms with Gasteiger partial charge in [0.05, 0.1) is 0 Å². The van der Waals surface area contributed by atoms with E-state index in [1.165, 1.54) is 45.3 Å². The smallest absolute Gasteiger partial charge is 0.170 e. The van der Waals surface area contributed by atoms with Crippen molar-refractivity contribution in [3.63, 3.8) is 0 Å². The van der Waals surface area contributed by atoms with Crippen LogP contribution in [0, 0.1) is 0 Å². The van der Waals surface area contributed by atoms with Gasteiger partial charge in [-0.3, -0.25) is 0 Å². The molecule has 0 aliphatic carbocycles. The van der Waals surface area contributed by atoms with Crippen molar-refractivity contribution in [2.24, 2.45) is 0 Å². The molecule has 0 unspecified atom stereocenters. The van der Waals surface area contributed by atoms with Crippen LogP contribution in [0.1, 0.15) is 32.1 Å². The van der Waals surface area contributed by atoms with Crippen LogP contribution >= 0.6 is 28.1 Å². The summed E-state index contributed by atoms with van der Waals surface area (Å²) in [4.78, 5) is 2.58. The second-order valence-electron chi connectivity index (χ2n) is 5.50. The normalized spacial score (nSPS) is 16.2. The highest BCUT2D eigenvalue weighted by Gasteiger charge is 2.08. The van der Waals surface area contributed by atoms with E-state index in [2.05, 4.69) is 31.5 Å². The minimum atomic E-state index is 0.702. The maximum Gasteiger partial charge on any atom is 0.170 e. The van der Waals surface area contributed by atoms with E-state index in [0.29, 0.717) is 5.11 Å². The van der Waals surface area contributed by atoms with Gasteiger partial charge in [-0.05, 0) is 75.4 Å². The molecule has 0 bridgehead atoms. The second-order valence-corrected chi connectivity index (χ2v) is 6.82. The Kier molecular flexibility index (Phi) is 7.47. The maximum atomic E-state index is 5.31. The maximum absolute atomic E-state index is 5.31. The Morgan fingerprint density at radius 3 is 2.43 bits per heavy atom. The molecule has 1 aliphatic rings. The van der Waals surface area contributed by atoms with Crippen LogP contribution in [0.3, 0.4) is 0 Å². The summed E-state index contributed by atoms with van der Waals surface area (Å²) >= 11 is 8.74. The Hall–Kier alpha value is -0.650. The lowest BCUT2D eigenvalue weighted by Gasteiger charge is -2.19. The summed E-state index contributed by atoms with van der Waals surface area (Å²) in [6.07, 6.45) is 6.65. The number of rotatable bonds is 5. The average molecular weight is 370 g/mol. The van der Waals surface area contributed by atoms with Crippen molar-refractivity contribution in [1.29, 1.82) is 0 Å². The van der Waals surface area contributed by atoms with Crippen molar-refractivity contribution in [3.05, 3.63) is 28.7 Å². The lowest BCUT2D eigenvalue weighted by molar-refractivity contribution is 0.282. The van der Waals surface area contributed by atoms with Crippen LogP contribution in [0.5, 0.6) is 0 Å². The van der Waals surface area contributed by atoms with Crippen LogP contribution in [0.25, 0.3) is 0 Å². The highest BCUT2D eigenvalue weighted by atomic mass is 79.9. The van der Waals surface area contributed by atoms with E-state index in [1.54, 1.807) is 0 Å². The van der Waals surface area contributed by atoms with E-state index in [-0.39, 0.29) is 0 Å². The van der Waals surface area contributed by atoms with E-state index in [4.69, 9.17) is 12.2 Å². The number of benzene rings is 1. The molecule has 0 saturated carbocycles. The Morgan fingerprint density at radius 2 is 1.76 bits per heavy atom. The minimum absolute atomic E-state index is 0.702. The summed E-state index contributed by atoms with van der Waals surface area (Å²) in [5, 5.41) is 7.19. The zero-order valence-corrected chi connectivity index (χ0v) is 14.8. The average Bonchev–Trinajstić information content (AvgIpc) is 2.75. The van der Waals surface area contributed by atoms with Gasteiger partial charge in [-0.1, -0.05) is 28.8 Å². The zero-order valence-electron chi connectivity index (χ0n) is 12.4. The molecule has 5 heteroatoms. The van der Waals surface area contributed by atoms with E-state index >= 15 is 0 Å². The Labute approximate surface area is 141 Å². The van der Waals surface area contributed by atoms with Crippen LogP contribution in [0.15, 0.2) is 28.7 Å². The molecule has 0 atom stereocenters. The van der Waals surface area contributed by atoms with Gasteiger partial charge in [0.25, 0.3) is 0 Å². The van der Waals surface area contributed by atoms with Gasteiger partial charge in [-0.25, -0.2) is 0 Å². The molecule has 116 valence electrons. The molecule has 0 aromatic heterocycles. The molecule has 1 aromatic rings. The van der Waals surface area contributed by atoms with E-state index < -0.39 is 0 Å². The van der Waals surface area contributed by atoms with Gasteiger partial charge < -0.3 is 15.5 Å². The van der Waals surface area contributed by atoms with Crippen molar-refractivity contribution in [2.75, 3.05) is 31.5 Å². The summed E-state index contributed by atoms with van der Waals surface area (Å²) in [7, 11) is 0. The molecule has 3 nitrogen and oxygen atoms in total. The highest BCUT2D eigenvalue weighted by molar-refractivity contribution is 9.10. The van der Waals surface area contributed by atoms with Crippen LogP contribution in [-0.2, 0) is 0 Å². The number of anilines is 1. The number of nitrogens with one attached hydrogen (secondary N) is 2. The number of likely N-dealkylation sites (tertiary alicyclic amines) is 1. The van der Waals surface area contributed by atoms with Crippen molar-refractivity contribution in [1.82, 2.24) is 10.2 Å². The first kappa shape index (κ1) is 16.7. The SMILES string of the molecule is S=C(NCCCN1CCCCCC1)Nc1ccc(Br)cc1. The van der Waals surface area contributed by atoms with E-state index in [0.717, 1.165) is 23.1 Å². The lowest BCUT2D eigenvalue weighted by atomic mass is 10.2. The fraction of sp³-hybridized carbons (Fsp3) is 0.562. The van der Waals surface area contributed by atoms with Gasteiger partial charge in [0.1, 0.15) is 0 Å². The summed E-state index contributed by atoms with van der Waals surface area (Å²) < 4.78 is 1.07. The standard InChI is InChI=1S/C16H24BrN3S/c17-14-6-8-15(9-7-14)19-16(21)18-10-5-13-20-11-3-1-2-4-12-20/h6-9H,1-5,10-13H2,(H2,18,19,21). The molecule has 1 saturated heterocycles. The monoisotopic (exact) mass is 369 g/mol. The molecule has 1 heterocycles. The predicted molar refractivity (Wildman–Crippen MR) is 97.9 cm³/mol. The molecule has 1 aliphatic heterocycles. The van der Waals surface area contributed by atoms with E-state index in [1.807, 2.05) is 24.3 Å². The largest absolute Gasteiger partial charge is 0.362 e. The first-order valence-corrected chi connectivity index (χ1v) is 8.97. The summed E-state index contributed by atoms with van der Waals surface area (Å²) in [6, 6.07) is 8.03. The summed E-state index contributed by atoms with van der Waals surface area (Å²) in [6.45, 7) is 4.63. The lowest BCUT2D eigenvalue weighted by Crippen LogP contribution is -2.32. The second kappa shape index (κ2) is 9.38.